The van der Waals surface area contributed by atoms with Gasteiger partial charge < -0.3 is 28.5 Å². The fourth-order valence-corrected chi connectivity index (χ4v) is 12.6. The number of rotatable bonds is 77. The monoisotopic (exact) mass is 1270 g/mol. The van der Waals surface area contributed by atoms with Crippen molar-refractivity contribution in [2.75, 3.05) is 47.5 Å². The number of ether oxygens (including phenoxy) is 4. The van der Waals surface area contributed by atoms with Gasteiger partial charge in [0, 0.05) is 12.8 Å². The Labute approximate surface area is 561 Å². The summed E-state index contributed by atoms with van der Waals surface area (Å²) in [6, 6.07) is 0. The van der Waals surface area contributed by atoms with E-state index in [0.717, 1.165) is 38.5 Å². The highest BCUT2D eigenvalue weighted by Crippen LogP contribution is 2.20. The molecule has 0 bridgehead atoms. The fourth-order valence-electron chi connectivity index (χ4n) is 12.6. The number of quaternary nitrogens is 1. The van der Waals surface area contributed by atoms with Gasteiger partial charge in [0.15, 0.2) is 6.10 Å². The molecule has 1 N–H and O–H groups in total. The molecule has 0 spiro atoms. The number of hydrogen-bond acceptors (Lipinski definition) is 7. The van der Waals surface area contributed by atoms with E-state index in [4.69, 9.17) is 18.9 Å². The van der Waals surface area contributed by atoms with E-state index in [-0.39, 0.29) is 38.2 Å². The summed E-state index contributed by atoms with van der Waals surface area (Å²) >= 11 is 0. The smallest absolute Gasteiger partial charge is 0.361 e. The second kappa shape index (κ2) is 72.9. The maximum atomic E-state index is 13.0. The van der Waals surface area contributed by atoms with Gasteiger partial charge in [0.25, 0.3) is 6.29 Å². The molecule has 0 fully saturated rings. The van der Waals surface area contributed by atoms with Crippen LogP contribution in [0.2, 0.25) is 0 Å². The molecule has 0 aliphatic carbocycles. The molecule has 0 aromatic rings. The second-order valence-corrected chi connectivity index (χ2v) is 29.1. The van der Waals surface area contributed by atoms with Gasteiger partial charge in [-0.1, -0.05) is 392 Å². The highest BCUT2D eigenvalue weighted by Gasteiger charge is 2.25. The van der Waals surface area contributed by atoms with E-state index in [0.29, 0.717) is 17.4 Å². The van der Waals surface area contributed by atoms with Crippen LogP contribution in [-0.4, -0.2) is 87.4 Å². The van der Waals surface area contributed by atoms with Crippen molar-refractivity contribution >= 4 is 17.9 Å². The van der Waals surface area contributed by atoms with Crippen LogP contribution < -0.4 is 0 Å². The Morgan fingerprint density at radius 1 is 0.322 bits per heavy atom. The average Bonchev–Trinajstić information content (AvgIpc) is 3.73. The van der Waals surface area contributed by atoms with Gasteiger partial charge in [-0.3, -0.25) is 9.59 Å². The van der Waals surface area contributed by atoms with Crippen LogP contribution in [0.15, 0.2) is 12.2 Å². The van der Waals surface area contributed by atoms with Crippen molar-refractivity contribution in [1.82, 2.24) is 0 Å². The summed E-state index contributed by atoms with van der Waals surface area (Å²) < 4.78 is 23.1. The first-order valence-electron chi connectivity index (χ1n) is 40.4. The molecule has 9 heteroatoms. The molecule has 0 radical (unpaired) electrons. The van der Waals surface area contributed by atoms with Crippen LogP contribution in [0.1, 0.15) is 431 Å². The summed E-state index contributed by atoms with van der Waals surface area (Å²) in [7, 11) is 6.00. The number of carboxylic acid groups (broad SMARTS) is 1. The first kappa shape index (κ1) is 88.0. The summed E-state index contributed by atoms with van der Waals surface area (Å²) in [5.74, 6) is -1.97. The second-order valence-electron chi connectivity index (χ2n) is 29.1. The SMILES string of the molecule is CCCCCCCCCC/C=C\CCCCCCCCCCCCCCCC(=O)OC(COC(=O)CCCCCCCCCCCCCCCCCCCCCCCCCCCCCCCCCCCCCCCCCC)COC(OCC[N+](C)(C)C)C(=O)O. The number of hydrogen-bond donors (Lipinski definition) is 1. The summed E-state index contributed by atoms with van der Waals surface area (Å²) in [5, 5.41) is 9.76. The van der Waals surface area contributed by atoms with Gasteiger partial charge in [-0.25, -0.2) is 4.79 Å². The number of likely N-dealkylation sites (N-methyl/N-ethyl adjacent to an activating group) is 1. The molecule has 534 valence electrons. The average molecular weight is 1270 g/mol. The number of allylic oxidation sites excluding steroid dienone is 2. The van der Waals surface area contributed by atoms with Crippen molar-refractivity contribution in [2.24, 2.45) is 0 Å². The van der Waals surface area contributed by atoms with E-state index in [2.05, 4.69) is 26.0 Å². The molecule has 0 saturated heterocycles. The largest absolute Gasteiger partial charge is 0.477 e. The van der Waals surface area contributed by atoms with E-state index in [9.17, 15) is 19.5 Å². The maximum Gasteiger partial charge on any atom is 0.361 e. The maximum absolute atomic E-state index is 13.0. The molecule has 2 unspecified atom stereocenters. The van der Waals surface area contributed by atoms with E-state index in [1.807, 2.05) is 21.1 Å². The molecule has 0 aromatic carbocycles. The molecular weight excluding hydrogens is 1110 g/mol. The number of carbonyl (C=O) groups is 3. The van der Waals surface area contributed by atoms with E-state index in [1.165, 1.54) is 366 Å². The van der Waals surface area contributed by atoms with Crippen LogP contribution in [-0.2, 0) is 33.3 Å². The van der Waals surface area contributed by atoms with Gasteiger partial charge >= 0.3 is 17.9 Å². The van der Waals surface area contributed by atoms with Gasteiger partial charge in [0.1, 0.15) is 13.2 Å². The number of carbonyl (C=O) groups excluding carboxylic acids is 2. The molecule has 9 nitrogen and oxygen atoms in total. The molecular formula is C81H158NO8+. The normalized spacial score (nSPS) is 12.6. The molecule has 0 heterocycles. The molecule has 0 aliphatic rings. The lowest BCUT2D eigenvalue weighted by molar-refractivity contribution is -0.870. The van der Waals surface area contributed by atoms with E-state index >= 15 is 0 Å². The third kappa shape index (κ3) is 73.4. The lowest BCUT2D eigenvalue weighted by atomic mass is 10.0. The number of aliphatic carboxylic acids is 1. The lowest BCUT2D eigenvalue weighted by Gasteiger charge is -2.25. The molecule has 0 saturated carbocycles. The summed E-state index contributed by atoms with van der Waals surface area (Å²) in [4.78, 5) is 37.7. The zero-order valence-electron chi connectivity index (χ0n) is 61.4. The topological polar surface area (TPSA) is 108 Å². The highest BCUT2D eigenvalue weighted by atomic mass is 16.7. The van der Waals surface area contributed by atoms with Crippen LogP contribution in [0.25, 0.3) is 0 Å². The standard InChI is InChI=1S/C81H157NO8/c1-6-8-10-12-14-16-18-20-22-24-26-28-30-32-33-34-35-36-37-38-39-40-41-42-43-44-45-46-48-49-51-53-55-57-59-61-63-65-67-69-71-78(83)88-75-77(76-89-81(80(85)86)87-74-73-82(3,4)5)90-79(84)72-70-68-66-64-62-60-58-56-54-52-50-47-31-29-27-25-23-21-19-17-15-13-11-9-7-2/h25,27,77,81H,6-24,26,28-76H2,1-5H3/p+1/b27-25-. The van der Waals surface area contributed by atoms with Crippen molar-refractivity contribution in [3.05, 3.63) is 12.2 Å². The van der Waals surface area contributed by atoms with Crippen LogP contribution in [0.3, 0.4) is 0 Å². The van der Waals surface area contributed by atoms with Gasteiger partial charge in [0.05, 0.1) is 34.4 Å². The minimum Gasteiger partial charge on any atom is -0.477 e. The Morgan fingerprint density at radius 2 is 0.567 bits per heavy atom. The zero-order valence-corrected chi connectivity index (χ0v) is 61.4. The van der Waals surface area contributed by atoms with Crippen molar-refractivity contribution in [3.8, 4) is 0 Å². The van der Waals surface area contributed by atoms with Crippen molar-refractivity contribution in [1.29, 1.82) is 0 Å². The Bertz CT molecular complexity index is 1480. The summed E-state index contributed by atoms with van der Waals surface area (Å²) in [6.45, 7) is 4.97. The molecule has 0 rings (SSSR count). The first-order valence-corrected chi connectivity index (χ1v) is 40.4. The van der Waals surface area contributed by atoms with Crippen molar-refractivity contribution in [2.45, 2.75) is 444 Å². The van der Waals surface area contributed by atoms with Crippen LogP contribution in [0.5, 0.6) is 0 Å². The number of unbranched alkanes of at least 4 members (excludes halogenated alkanes) is 60. The Balaban J connectivity index is 3.90. The quantitative estimate of drug-likeness (QED) is 0.0211. The van der Waals surface area contributed by atoms with Crippen molar-refractivity contribution < 1.29 is 42.9 Å². The van der Waals surface area contributed by atoms with Gasteiger partial charge in [-0.05, 0) is 38.5 Å². The molecule has 0 aromatic heterocycles. The highest BCUT2D eigenvalue weighted by molar-refractivity contribution is 5.71. The van der Waals surface area contributed by atoms with E-state index < -0.39 is 18.4 Å². The molecule has 0 amide bonds. The fraction of sp³-hybridized carbons (Fsp3) is 0.938. The third-order valence-corrected chi connectivity index (χ3v) is 18.8. The van der Waals surface area contributed by atoms with Crippen LogP contribution >= 0.6 is 0 Å². The molecule has 0 aliphatic heterocycles. The Morgan fingerprint density at radius 3 is 0.822 bits per heavy atom. The molecule has 2 atom stereocenters. The first-order chi connectivity index (χ1) is 44.1. The third-order valence-electron chi connectivity index (χ3n) is 18.8. The van der Waals surface area contributed by atoms with Crippen LogP contribution in [0.4, 0.5) is 0 Å². The zero-order chi connectivity index (χ0) is 65.4. The number of nitrogens with zero attached hydrogens (tertiary/aromatic N) is 1. The number of esters is 2. The number of carboxylic acids is 1. The van der Waals surface area contributed by atoms with E-state index in [1.54, 1.807) is 0 Å². The Hall–Kier alpha value is -1.97. The van der Waals surface area contributed by atoms with Gasteiger partial charge in [-0.15, -0.1) is 0 Å². The predicted octanol–water partition coefficient (Wildman–Crippen LogP) is 25.5. The minimum absolute atomic E-state index is 0.174. The molecule has 90 heavy (non-hydrogen) atoms. The lowest BCUT2D eigenvalue weighted by Crippen LogP contribution is -2.40. The van der Waals surface area contributed by atoms with Crippen LogP contribution in [0, 0.1) is 0 Å². The minimum atomic E-state index is -1.51. The summed E-state index contributed by atoms with van der Waals surface area (Å²) in [6.07, 6.45) is 88.2. The van der Waals surface area contributed by atoms with Gasteiger partial charge in [0.2, 0.25) is 0 Å². The summed E-state index contributed by atoms with van der Waals surface area (Å²) in [5.41, 5.74) is 0. The van der Waals surface area contributed by atoms with Gasteiger partial charge in [-0.2, -0.15) is 0 Å². The van der Waals surface area contributed by atoms with Crippen molar-refractivity contribution in [3.63, 3.8) is 0 Å². The predicted molar refractivity (Wildman–Crippen MR) is 388 cm³/mol. The Kier molecular flexibility index (Phi) is 71.3.